The second-order valence-electron chi connectivity index (χ2n) is 6.11. The average molecular weight is 364 g/mol. The van der Waals surface area contributed by atoms with Crippen LogP contribution >= 0.6 is 0 Å². The molecule has 3 aromatic rings. The standard InChI is InChI=1S/C21H17FN2O3/c1-26-16-10-8-15(9-11-16)24-19(14-5-4-12-23-13-14)20(21(24)25)27-18-7-3-2-6-17(18)22/h2-13,19-20H,1H3/t19-,20+/m1/s1. The van der Waals surface area contributed by atoms with Crippen molar-refractivity contribution in [1.82, 2.24) is 4.98 Å². The van der Waals surface area contributed by atoms with Gasteiger partial charge in [0.25, 0.3) is 5.91 Å². The van der Waals surface area contributed by atoms with E-state index in [4.69, 9.17) is 9.47 Å². The lowest BCUT2D eigenvalue weighted by Gasteiger charge is -2.46. The molecular weight excluding hydrogens is 347 g/mol. The summed E-state index contributed by atoms with van der Waals surface area (Å²) in [4.78, 5) is 18.6. The van der Waals surface area contributed by atoms with Gasteiger partial charge in [0.15, 0.2) is 11.6 Å². The number of ether oxygens (including phenoxy) is 2. The van der Waals surface area contributed by atoms with Crippen molar-refractivity contribution in [2.75, 3.05) is 12.0 Å². The zero-order valence-electron chi connectivity index (χ0n) is 14.6. The Hall–Kier alpha value is -3.41. The highest BCUT2D eigenvalue weighted by atomic mass is 19.1. The maximum absolute atomic E-state index is 14.0. The molecule has 0 spiro atoms. The number of carbonyl (C=O) groups is 1. The van der Waals surface area contributed by atoms with Crippen LogP contribution in [0.5, 0.6) is 11.5 Å². The van der Waals surface area contributed by atoms with Crippen molar-refractivity contribution in [3.05, 3.63) is 84.4 Å². The molecule has 4 rings (SSSR count). The fourth-order valence-corrected chi connectivity index (χ4v) is 3.16. The monoisotopic (exact) mass is 364 g/mol. The number of anilines is 1. The summed E-state index contributed by atoms with van der Waals surface area (Å²) in [6.07, 6.45) is 2.52. The molecule has 27 heavy (non-hydrogen) atoms. The van der Waals surface area contributed by atoms with Crippen molar-refractivity contribution in [3.8, 4) is 11.5 Å². The molecule has 6 heteroatoms. The number of aromatic nitrogens is 1. The van der Waals surface area contributed by atoms with Crippen molar-refractivity contribution in [3.63, 3.8) is 0 Å². The van der Waals surface area contributed by atoms with Crippen molar-refractivity contribution >= 4 is 11.6 Å². The van der Waals surface area contributed by atoms with Crippen molar-refractivity contribution < 1.29 is 18.7 Å². The Morgan fingerprint density at radius 2 is 1.81 bits per heavy atom. The first-order valence-corrected chi connectivity index (χ1v) is 8.47. The molecule has 0 bridgehead atoms. The number of β-lactam (4-membered cyclic amide) rings is 1. The summed E-state index contributed by atoms with van der Waals surface area (Å²) in [6, 6.07) is 16.5. The van der Waals surface area contributed by atoms with Gasteiger partial charge in [-0.2, -0.15) is 0 Å². The maximum Gasteiger partial charge on any atom is 0.271 e. The van der Waals surface area contributed by atoms with E-state index in [0.717, 1.165) is 5.56 Å². The normalized spacial score (nSPS) is 18.7. The minimum absolute atomic E-state index is 0.0547. The molecule has 5 nitrogen and oxygen atoms in total. The van der Waals surface area contributed by atoms with Gasteiger partial charge in [-0.1, -0.05) is 18.2 Å². The third kappa shape index (κ3) is 3.10. The number of hydrogen-bond donors (Lipinski definition) is 0. The van der Waals surface area contributed by atoms with Gasteiger partial charge >= 0.3 is 0 Å². The second-order valence-corrected chi connectivity index (χ2v) is 6.11. The summed E-state index contributed by atoms with van der Waals surface area (Å²) in [5.74, 6) is 0.0123. The van der Waals surface area contributed by atoms with Crippen LogP contribution < -0.4 is 14.4 Å². The molecule has 136 valence electrons. The van der Waals surface area contributed by atoms with E-state index >= 15 is 0 Å². The fourth-order valence-electron chi connectivity index (χ4n) is 3.16. The van der Waals surface area contributed by atoms with E-state index in [0.29, 0.717) is 11.4 Å². The number of benzene rings is 2. The van der Waals surface area contributed by atoms with Gasteiger partial charge in [-0.15, -0.1) is 0 Å². The van der Waals surface area contributed by atoms with Crippen LogP contribution in [0.25, 0.3) is 0 Å². The molecule has 2 atom stereocenters. The van der Waals surface area contributed by atoms with E-state index in [1.54, 1.807) is 66.9 Å². The molecule has 1 aromatic heterocycles. The Kier molecular flexibility index (Phi) is 4.46. The lowest BCUT2D eigenvalue weighted by molar-refractivity contribution is -0.135. The van der Waals surface area contributed by atoms with Crippen LogP contribution in [-0.2, 0) is 4.79 Å². The van der Waals surface area contributed by atoms with Crippen LogP contribution in [0.4, 0.5) is 10.1 Å². The molecule has 0 unspecified atom stereocenters. The van der Waals surface area contributed by atoms with Gasteiger partial charge in [-0.25, -0.2) is 4.39 Å². The van der Waals surface area contributed by atoms with Gasteiger partial charge < -0.3 is 9.47 Å². The van der Waals surface area contributed by atoms with Gasteiger partial charge in [-0.05, 0) is 48.0 Å². The quantitative estimate of drug-likeness (QED) is 0.647. The summed E-state index contributed by atoms with van der Waals surface area (Å²) in [5.41, 5.74) is 1.53. The molecule has 2 aromatic carbocycles. The predicted molar refractivity (Wildman–Crippen MR) is 98.3 cm³/mol. The number of halogens is 1. The third-order valence-corrected chi connectivity index (χ3v) is 4.51. The summed E-state index contributed by atoms with van der Waals surface area (Å²) >= 11 is 0. The molecule has 1 saturated heterocycles. The van der Waals surface area contributed by atoms with Crippen LogP contribution in [0.15, 0.2) is 73.1 Å². The molecule has 1 aliphatic heterocycles. The average Bonchev–Trinajstić information content (AvgIpc) is 2.72. The zero-order chi connectivity index (χ0) is 18.8. The Morgan fingerprint density at radius 3 is 2.48 bits per heavy atom. The van der Waals surface area contributed by atoms with Crippen molar-refractivity contribution in [1.29, 1.82) is 0 Å². The highest BCUT2D eigenvalue weighted by Crippen LogP contribution is 2.41. The minimum atomic E-state index is -0.826. The van der Waals surface area contributed by atoms with Gasteiger partial charge in [-0.3, -0.25) is 14.7 Å². The molecule has 1 aliphatic rings. The Morgan fingerprint density at radius 1 is 1.04 bits per heavy atom. The van der Waals surface area contributed by atoms with Crippen LogP contribution in [-0.4, -0.2) is 24.1 Å². The van der Waals surface area contributed by atoms with E-state index in [1.807, 2.05) is 6.07 Å². The highest BCUT2D eigenvalue weighted by Gasteiger charge is 2.51. The Bertz CT molecular complexity index is 947. The van der Waals surface area contributed by atoms with Crippen LogP contribution in [0.3, 0.4) is 0 Å². The molecule has 2 heterocycles. The number of methoxy groups -OCH3 is 1. The Labute approximate surface area is 156 Å². The first kappa shape index (κ1) is 17.0. The van der Waals surface area contributed by atoms with Gasteiger partial charge in [0.2, 0.25) is 6.10 Å². The summed E-state index contributed by atoms with van der Waals surface area (Å²) < 4.78 is 24.9. The second kappa shape index (κ2) is 7.07. The zero-order valence-corrected chi connectivity index (χ0v) is 14.6. The van der Waals surface area contributed by atoms with E-state index < -0.39 is 18.0 Å². The van der Waals surface area contributed by atoms with Crippen LogP contribution in [0, 0.1) is 5.82 Å². The number of carbonyl (C=O) groups excluding carboxylic acids is 1. The number of hydrogen-bond acceptors (Lipinski definition) is 4. The highest BCUT2D eigenvalue weighted by molar-refractivity contribution is 6.05. The SMILES string of the molecule is COc1ccc(N2C(=O)[C@@H](Oc3ccccc3F)[C@H]2c2cccnc2)cc1. The van der Waals surface area contributed by atoms with Crippen molar-refractivity contribution in [2.24, 2.45) is 0 Å². The fraction of sp³-hybridized carbons (Fsp3) is 0.143. The molecule has 1 amide bonds. The number of para-hydroxylation sites is 1. The number of pyridine rings is 1. The van der Waals surface area contributed by atoms with E-state index in [1.165, 1.54) is 12.1 Å². The topological polar surface area (TPSA) is 51.7 Å². The van der Waals surface area contributed by atoms with Gasteiger partial charge in [0, 0.05) is 18.1 Å². The predicted octanol–water partition coefficient (Wildman–Crippen LogP) is 3.76. The summed E-state index contributed by atoms with van der Waals surface area (Å²) in [5, 5.41) is 0. The minimum Gasteiger partial charge on any atom is -0.497 e. The molecule has 1 fully saturated rings. The van der Waals surface area contributed by atoms with E-state index in [2.05, 4.69) is 4.98 Å². The lowest BCUT2D eigenvalue weighted by Crippen LogP contribution is -2.61. The molecule has 0 radical (unpaired) electrons. The Balaban J connectivity index is 1.67. The maximum atomic E-state index is 14.0. The van der Waals surface area contributed by atoms with Crippen LogP contribution in [0.2, 0.25) is 0 Å². The number of nitrogens with zero attached hydrogens (tertiary/aromatic N) is 2. The molecule has 0 N–H and O–H groups in total. The molecular formula is C21H17FN2O3. The van der Waals surface area contributed by atoms with E-state index in [9.17, 15) is 9.18 Å². The lowest BCUT2D eigenvalue weighted by atomic mass is 9.90. The van der Waals surface area contributed by atoms with Crippen molar-refractivity contribution in [2.45, 2.75) is 12.1 Å². The van der Waals surface area contributed by atoms with Crippen LogP contribution in [0.1, 0.15) is 11.6 Å². The number of amides is 1. The smallest absolute Gasteiger partial charge is 0.271 e. The molecule has 0 aliphatic carbocycles. The van der Waals surface area contributed by atoms with E-state index in [-0.39, 0.29) is 11.7 Å². The summed E-state index contributed by atoms with van der Waals surface area (Å²) in [7, 11) is 1.58. The number of rotatable bonds is 5. The largest absolute Gasteiger partial charge is 0.497 e. The third-order valence-electron chi connectivity index (χ3n) is 4.51. The van der Waals surface area contributed by atoms with Gasteiger partial charge in [0.05, 0.1) is 7.11 Å². The van der Waals surface area contributed by atoms with Gasteiger partial charge in [0.1, 0.15) is 11.8 Å². The molecule has 0 saturated carbocycles. The first-order valence-electron chi connectivity index (χ1n) is 8.47. The first-order chi connectivity index (χ1) is 13.2. The summed E-state index contributed by atoms with van der Waals surface area (Å²) in [6.45, 7) is 0.